The third-order valence-corrected chi connectivity index (χ3v) is 7.63. The van der Waals surface area contributed by atoms with Crippen LogP contribution in [0.25, 0.3) is 0 Å². The Morgan fingerprint density at radius 3 is 2.64 bits per heavy atom. The fourth-order valence-electron chi connectivity index (χ4n) is 3.11. The Hall–Kier alpha value is -1.78. The van der Waals surface area contributed by atoms with Gasteiger partial charge in [0.25, 0.3) is 5.91 Å². The van der Waals surface area contributed by atoms with E-state index in [1.54, 1.807) is 23.5 Å². The highest BCUT2D eigenvalue weighted by atomic mass is 32.2. The second-order valence-electron chi connectivity index (χ2n) is 6.90. The highest BCUT2D eigenvalue weighted by Gasteiger charge is 2.27. The van der Waals surface area contributed by atoms with E-state index in [1.165, 1.54) is 26.2 Å². The van der Waals surface area contributed by atoms with E-state index in [1.807, 2.05) is 25.5 Å². The first-order chi connectivity index (χ1) is 13.4. The van der Waals surface area contributed by atoms with Crippen molar-refractivity contribution in [2.45, 2.75) is 10.9 Å². The topological polar surface area (TPSA) is 80.2 Å². The molecular formula is C19H26N3O4S2+. The van der Waals surface area contributed by atoms with E-state index in [9.17, 15) is 13.2 Å². The molecule has 1 aromatic carbocycles. The number of morpholine rings is 1. The van der Waals surface area contributed by atoms with Crippen molar-refractivity contribution in [2.24, 2.45) is 0 Å². The Morgan fingerprint density at radius 1 is 1.25 bits per heavy atom. The zero-order valence-corrected chi connectivity index (χ0v) is 17.7. The lowest BCUT2D eigenvalue weighted by Gasteiger charge is -2.26. The number of nitrogens with zero attached hydrogens (tertiary/aromatic N) is 1. The van der Waals surface area contributed by atoms with Crippen molar-refractivity contribution >= 4 is 27.3 Å². The maximum Gasteiger partial charge on any atom is 0.251 e. The number of carbonyl (C=O) groups is 1. The van der Waals surface area contributed by atoms with Crippen LogP contribution in [0.15, 0.2) is 46.7 Å². The Bertz CT molecular complexity index is 892. The van der Waals surface area contributed by atoms with Gasteiger partial charge in [0, 0.05) is 18.7 Å². The largest absolute Gasteiger partial charge is 0.379 e. The number of rotatable bonds is 7. The van der Waals surface area contributed by atoms with Crippen LogP contribution in [0.4, 0.5) is 0 Å². The average molecular weight is 425 g/mol. The summed E-state index contributed by atoms with van der Waals surface area (Å²) in [5, 5.41) is 4.97. The molecule has 0 bridgehead atoms. The quantitative estimate of drug-likeness (QED) is 0.674. The van der Waals surface area contributed by atoms with Crippen molar-refractivity contribution in [2.75, 3.05) is 46.9 Å². The van der Waals surface area contributed by atoms with Gasteiger partial charge in [-0.2, -0.15) is 4.31 Å². The van der Waals surface area contributed by atoms with E-state index in [-0.39, 0.29) is 16.8 Å². The molecule has 3 rings (SSSR count). The zero-order chi connectivity index (χ0) is 20.1. The number of ether oxygens (including phenoxy) is 1. The minimum Gasteiger partial charge on any atom is -0.379 e. The van der Waals surface area contributed by atoms with Gasteiger partial charge in [-0.1, -0.05) is 12.1 Å². The number of amides is 1. The number of benzene rings is 1. The fraction of sp³-hybridized carbons (Fsp3) is 0.421. The van der Waals surface area contributed by atoms with Crippen LogP contribution in [0.2, 0.25) is 0 Å². The summed E-state index contributed by atoms with van der Waals surface area (Å²) in [6.45, 7) is 1.90. The van der Waals surface area contributed by atoms with Gasteiger partial charge in [-0.05, 0) is 29.6 Å². The minimum absolute atomic E-state index is 0.134. The molecule has 9 heteroatoms. The Balaban J connectivity index is 1.71. The Kier molecular flexibility index (Phi) is 6.84. The van der Waals surface area contributed by atoms with Gasteiger partial charge in [-0.3, -0.25) is 4.79 Å². The lowest BCUT2D eigenvalue weighted by molar-refractivity contribution is -0.890. The summed E-state index contributed by atoms with van der Waals surface area (Å²) in [7, 11) is 0.468. The van der Waals surface area contributed by atoms with Crippen LogP contribution in [0, 0.1) is 0 Å². The summed E-state index contributed by atoms with van der Waals surface area (Å²) in [5.74, 6) is -0.276. The van der Waals surface area contributed by atoms with E-state index in [0.29, 0.717) is 38.4 Å². The molecule has 0 radical (unpaired) electrons. The standard InChI is InChI=1S/C19H25N3O4S2/c1-21(2)17(18-7-4-12-27-18)14-20-19(23)15-5-3-6-16(13-15)28(24,25)22-8-10-26-11-9-22/h3-7,12-13,17H,8-11,14H2,1-2H3,(H,20,23)/p+1/t17-/m0/s1. The molecule has 1 aliphatic heterocycles. The molecule has 2 aromatic rings. The first-order valence-electron chi connectivity index (χ1n) is 9.19. The number of hydrogen-bond donors (Lipinski definition) is 2. The first kappa shape index (κ1) is 20.9. The normalized spacial score (nSPS) is 16.8. The summed E-state index contributed by atoms with van der Waals surface area (Å²) in [4.78, 5) is 15.2. The van der Waals surface area contributed by atoms with Crippen molar-refractivity contribution in [3.05, 3.63) is 52.2 Å². The van der Waals surface area contributed by atoms with Crippen molar-refractivity contribution in [3.8, 4) is 0 Å². The fourth-order valence-corrected chi connectivity index (χ4v) is 5.52. The summed E-state index contributed by atoms with van der Waals surface area (Å²) in [6, 6.07) is 10.4. The van der Waals surface area contributed by atoms with E-state index in [0.717, 1.165) is 0 Å². The van der Waals surface area contributed by atoms with E-state index >= 15 is 0 Å². The van der Waals surface area contributed by atoms with Crippen LogP contribution in [0.3, 0.4) is 0 Å². The second kappa shape index (κ2) is 9.15. The maximum absolute atomic E-state index is 12.8. The molecule has 152 valence electrons. The molecule has 1 aromatic heterocycles. The van der Waals surface area contributed by atoms with Crippen LogP contribution in [-0.4, -0.2) is 65.6 Å². The molecule has 1 saturated heterocycles. The van der Waals surface area contributed by atoms with Crippen molar-refractivity contribution in [3.63, 3.8) is 0 Å². The van der Waals surface area contributed by atoms with Gasteiger partial charge in [0.05, 0.1) is 43.6 Å². The van der Waals surface area contributed by atoms with Gasteiger partial charge in [-0.15, -0.1) is 11.3 Å². The molecule has 2 heterocycles. The third-order valence-electron chi connectivity index (χ3n) is 4.75. The molecule has 0 aliphatic carbocycles. The molecule has 2 N–H and O–H groups in total. The molecule has 28 heavy (non-hydrogen) atoms. The van der Waals surface area contributed by atoms with Gasteiger partial charge in [-0.25, -0.2) is 8.42 Å². The number of nitrogens with one attached hydrogen (secondary N) is 2. The average Bonchev–Trinajstić information content (AvgIpc) is 3.23. The van der Waals surface area contributed by atoms with Crippen LogP contribution in [0.5, 0.6) is 0 Å². The molecule has 0 spiro atoms. The highest BCUT2D eigenvalue weighted by Crippen LogP contribution is 2.19. The second-order valence-corrected chi connectivity index (χ2v) is 9.82. The number of carbonyl (C=O) groups excluding carboxylic acids is 1. The predicted octanol–water partition coefficient (Wildman–Crippen LogP) is 0.385. The van der Waals surface area contributed by atoms with Crippen LogP contribution in [0.1, 0.15) is 21.3 Å². The van der Waals surface area contributed by atoms with Gasteiger partial charge < -0.3 is 15.0 Å². The van der Waals surface area contributed by atoms with Crippen LogP contribution in [-0.2, 0) is 14.8 Å². The van der Waals surface area contributed by atoms with E-state index in [2.05, 4.69) is 11.4 Å². The molecule has 1 atom stereocenters. The summed E-state index contributed by atoms with van der Waals surface area (Å²) < 4.78 is 32.2. The summed E-state index contributed by atoms with van der Waals surface area (Å²) >= 11 is 1.66. The highest BCUT2D eigenvalue weighted by molar-refractivity contribution is 7.89. The van der Waals surface area contributed by atoms with Gasteiger partial charge in [0.15, 0.2) is 0 Å². The smallest absolute Gasteiger partial charge is 0.251 e. The molecule has 0 saturated carbocycles. The molecule has 7 nitrogen and oxygen atoms in total. The predicted molar refractivity (Wildman–Crippen MR) is 108 cm³/mol. The summed E-state index contributed by atoms with van der Waals surface area (Å²) in [5.41, 5.74) is 0.341. The van der Waals surface area contributed by atoms with Crippen LogP contribution >= 0.6 is 11.3 Å². The molecule has 0 unspecified atom stereocenters. The van der Waals surface area contributed by atoms with Crippen molar-refractivity contribution in [1.82, 2.24) is 9.62 Å². The van der Waals surface area contributed by atoms with E-state index in [4.69, 9.17) is 4.74 Å². The van der Waals surface area contributed by atoms with Gasteiger partial charge in [0.2, 0.25) is 10.0 Å². The first-order valence-corrected chi connectivity index (χ1v) is 11.5. The van der Waals surface area contributed by atoms with Gasteiger partial charge >= 0.3 is 0 Å². The lowest BCUT2D eigenvalue weighted by Crippen LogP contribution is -3.06. The third kappa shape index (κ3) is 4.79. The van der Waals surface area contributed by atoms with Crippen molar-refractivity contribution in [1.29, 1.82) is 0 Å². The lowest BCUT2D eigenvalue weighted by atomic mass is 10.2. The SMILES string of the molecule is C[NH+](C)[C@@H](CNC(=O)c1cccc(S(=O)(=O)N2CCOCC2)c1)c1cccs1. The molecule has 1 fully saturated rings. The molecule has 1 amide bonds. The molecular weight excluding hydrogens is 398 g/mol. The minimum atomic E-state index is -3.63. The summed E-state index contributed by atoms with van der Waals surface area (Å²) in [6.07, 6.45) is 0. The number of likely N-dealkylation sites (N-methyl/N-ethyl adjacent to an activating group) is 1. The zero-order valence-electron chi connectivity index (χ0n) is 16.1. The maximum atomic E-state index is 12.8. The number of hydrogen-bond acceptors (Lipinski definition) is 5. The molecule has 1 aliphatic rings. The van der Waals surface area contributed by atoms with Crippen LogP contribution < -0.4 is 10.2 Å². The van der Waals surface area contributed by atoms with Crippen molar-refractivity contribution < 1.29 is 22.8 Å². The number of thiophene rings is 1. The Morgan fingerprint density at radius 2 is 2.00 bits per heavy atom. The monoisotopic (exact) mass is 424 g/mol. The van der Waals surface area contributed by atoms with Gasteiger partial charge in [0.1, 0.15) is 6.04 Å². The number of sulfonamides is 1. The Labute approximate surface area is 170 Å². The van der Waals surface area contributed by atoms with E-state index < -0.39 is 10.0 Å². The number of quaternary nitrogens is 1.